The molecule has 1 nitrogen and oxygen atoms in total. The van der Waals surface area contributed by atoms with Crippen LogP contribution in [0.15, 0.2) is 152 Å². The van der Waals surface area contributed by atoms with E-state index in [4.69, 9.17) is 0 Å². The fraction of sp³-hybridized carbons (Fsp3) is 0. The van der Waals surface area contributed by atoms with Crippen molar-refractivity contribution in [1.29, 1.82) is 0 Å². The van der Waals surface area contributed by atoms with Gasteiger partial charge in [-0.15, -0.1) is 11.3 Å². The van der Waals surface area contributed by atoms with Gasteiger partial charge in [0.1, 0.15) is 0 Å². The molecule has 0 saturated carbocycles. The molecule has 0 unspecified atom stereocenters. The summed E-state index contributed by atoms with van der Waals surface area (Å²) >= 11 is 1.91. The van der Waals surface area contributed by atoms with Gasteiger partial charge in [0.05, 0.1) is 15.7 Å². The third kappa shape index (κ3) is 3.43. The van der Waals surface area contributed by atoms with Gasteiger partial charge in [0.2, 0.25) is 0 Å². The first-order chi connectivity index (χ1) is 20.8. The summed E-state index contributed by atoms with van der Waals surface area (Å²) in [5.74, 6) is 0. The van der Waals surface area contributed by atoms with E-state index in [1.165, 1.54) is 80.7 Å². The van der Waals surface area contributed by atoms with Gasteiger partial charge < -0.3 is 4.57 Å². The minimum absolute atomic E-state index is 1.18. The molecule has 196 valence electrons. The quantitative estimate of drug-likeness (QED) is 0.206. The van der Waals surface area contributed by atoms with Crippen LogP contribution in [0.1, 0.15) is 0 Å². The average Bonchev–Trinajstić information content (AvgIpc) is 3.61. The van der Waals surface area contributed by atoms with Crippen molar-refractivity contribution in [2.45, 2.75) is 0 Å². The number of benzene rings is 7. The van der Waals surface area contributed by atoms with Crippen LogP contribution in [0.3, 0.4) is 0 Å². The van der Waals surface area contributed by atoms with E-state index in [0.717, 1.165) is 0 Å². The fourth-order valence-corrected chi connectivity index (χ4v) is 7.98. The Hall–Kier alpha value is -5.18. The highest BCUT2D eigenvalue weighted by atomic mass is 32.1. The number of hydrogen-bond donors (Lipinski definition) is 0. The van der Waals surface area contributed by atoms with Crippen LogP contribution in [-0.4, -0.2) is 4.57 Å². The normalized spacial score (nSPS) is 11.8. The lowest BCUT2D eigenvalue weighted by Crippen LogP contribution is -1.93. The van der Waals surface area contributed by atoms with Gasteiger partial charge in [-0.05, 0) is 69.4 Å². The van der Waals surface area contributed by atoms with Crippen molar-refractivity contribution in [2.75, 3.05) is 0 Å². The van der Waals surface area contributed by atoms with Crippen LogP contribution in [0.5, 0.6) is 0 Å². The van der Waals surface area contributed by atoms with Crippen LogP contribution in [-0.2, 0) is 0 Å². The molecule has 7 aromatic carbocycles. The summed E-state index contributed by atoms with van der Waals surface area (Å²) in [7, 11) is 0. The van der Waals surface area contributed by atoms with E-state index in [0.29, 0.717) is 0 Å². The molecule has 0 aliphatic heterocycles. The first-order valence-corrected chi connectivity index (χ1v) is 15.2. The Balaban J connectivity index is 1.51. The molecule has 9 rings (SSSR count). The average molecular weight is 552 g/mol. The summed E-state index contributed by atoms with van der Waals surface area (Å²) in [4.78, 5) is 0. The number of aromatic nitrogens is 1. The van der Waals surface area contributed by atoms with Crippen LogP contribution in [0.25, 0.3) is 80.7 Å². The van der Waals surface area contributed by atoms with Crippen LogP contribution in [0, 0.1) is 0 Å². The molecule has 42 heavy (non-hydrogen) atoms. The van der Waals surface area contributed by atoms with E-state index in [1.54, 1.807) is 0 Å². The molecule has 0 N–H and O–H groups in total. The Morgan fingerprint density at radius 1 is 0.452 bits per heavy atom. The highest BCUT2D eigenvalue weighted by Crippen LogP contribution is 2.48. The monoisotopic (exact) mass is 551 g/mol. The molecule has 0 amide bonds. The topological polar surface area (TPSA) is 4.93 Å². The SMILES string of the molecule is c1ccc(-c2ccc3c(c2)c2cc(-c4cccc5ccccc45)c4c5ccccc5sc4c2n3-c2ccccc2)cc1. The second-order valence-electron chi connectivity index (χ2n) is 10.9. The Bertz CT molecular complexity index is 2440. The van der Waals surface area contributed by atoms with E-state index in [1.807, 2.05) is 11.3 Å². The largest absolute Gasteiger partial charge is 0.308 e. The van der Waals surface area contributed by atoms with Gasteiger partial charge in [0.15, 0.2) is 0 Å². The second kappa shape index (κ2) is 9.17. The molecule has 2 heterocycles. The van der Waals surface area contributed by atoms with Gasteiger partial charge in [-0.3, -0.25) is 0 Å². The number of fused-ring (bicyclic) bond motifs is 8. The van der Waals surface area contributed by atoms with Crippen LogP contribution in [0.4, 0.5) is 0 Å². The predicted octanol–water partition coefficient (Wildman–Crippen LogP) is 11.6. The standard InChI is InChI=1S/C40H25NS/c1-3-12-26(13-4-1)28-22-23-36-33(24-28)35-25-34(31-20-11-15-27-14-7-8-18-30(27)31)38-32-19-9-10-21-37(32)42-40(38)39(35)41(36)29-16-5-2-6-17-29/h1-25H. The van der Waals surface area contributed by atoms with Crippen molar-refractivity contribution in [2.24, 2.45) is 0 Å². The van der Waals surface area contributed by atoms with Crippen LogP contribution < -0.4 is 0 Å². The number of nitrogens with zero attached hydrogens (tertiary/aromatic N) is 1. The van der Waals surface area contributed by atoms with Crippen molar-refractivity contribution in [1.82, 2.24) is 4.57 Å². The van der Waals surface area contributed by atoms with Gasteiger partial charge >= 0.3 is 0 Å². The van der Waals surface area contributed by atoms with Crippen LogP contribution >= 0.6 is 11.3 Å². The van der Waals surface area contributed by atoms with Crippen molar-refractivity contribution < 1.29 is 0 Å². The molecule has 2 aromatic heterocycles. The molecule has 0 fully saturated rings. The molecule has 0 saturated heterocycles. The minimum atomic E-state index is 1.18. The fourth-order valence-electron chi connectivity index (χ4n) is 6.71. The molecule has 0 aliphatic rings. The Morgan fingerprint density at radius 2 is 1.17 bits per heavy atom. The third-order valence-corrected chi connectivity index (χ3v) is 9.75. The van der Waals surface area contributed by atoms with E-state index in [-0.39, 0.29) is 0 Å². The lowest BCUT2D eigenvalue weighted by atomic mass is 9.93. The van der Waals surface area contributed by atoms with Gasteiger partial charge in [-0.2, -0.15) is 0 Å². The molecule has 0 aliphatic carbocycles. The number of para-hydroxylation sites is 1. The molecule has 0 spiro atoms. The van der Waals surface area contributed by atoms with Crippen LogP contribution in [0.2, 0.25) is 0 Å². The zero-order valence-corrected chi connectivity index (χ0v) is 23.6. The molecule has 2 heteroatoms. The summed E-state index contributed by atoms with van der Waals surface area (Å²) in [6, 6.07) is 55.3. The lowest BCUT2D eigenvalue weighted by Gasteiger charge is -2.12. The van der Waals surface area contributed by atoms with Crippen molar-refractivity contribution in [3.63, 3.8) is 0 Å². The zero-order valence-electron chi connectivity index (χ0n) is 22.8. The lowest BCUT2D eigenvalue weighted by molar-refractivity contribution is 1.19. The third-order valence-electron chi connectivity index (χ3n) is 8.58. The molecule has 9 aromatic rings. The smallest absolute Gasteiger partial charge is 0.0720 e. The highest BCUT2D eigenvalue weighted by molar-refractivity contribution is 7.26. The predicted molar refractivity (Wildman–Crippen MR) is 182 cm³/mol. The van der Waals surface area contributed by atoms with Crippen molar-refractivity contribution in [3.8, 4) is 27.9 Å². The van der Waals surface area contributed by atoms with Crippen molar-refractivity contribution in [3.05, 3.63) is 152 Å². The second-order valence-corrected chi connectivity index (χ2v) is 12.0. The molecular formula is C40H25NS. The summed E-state index contributed by atoms with van der Waals surface area (Å²) < 4.78 is 5.12. The first kappa shape index (κ1) is 23.5. The van der Waals surface area contributed by atoms with E-state index >= 15 is 0 Å². The maximum Gasteiger partial charge on any atom is 0.0720 e. The van der Waals surface area contributed by atoms with E-state index < -0.39 is 0 Å². The van der Waals surface area contributed by atoms with Crippen molar-refractivity contribution >= 4 is 64.1 Å². The Morgan fingerprint density at radius 3 is 2.02 bits per heavy atom. The summed E-state index contributed by atoms with van der Waals surface area (Å²) in [5, 5.41) is 7.76. The van der Waals surface area contributed by atoms with E-state index in [2.05, 4.69) is 156 Å². The minimum Gasteiger partial charge on any atom is -0.308 e. The highest BCUT2D eigenvalue weighted by Gasteiger charge is 2.22. The van der Waals surface area contributed by atoms with Gasteiger partial charge in [-0.1, -0.05) is 115 Å². The first-order valence-electron chi connectivity index (χ1n) is 14.4. The summed E-state index contributed by atoms with van der Waals surface area (Å²) in [6.07, 6.45) is 0. The molecule has 0 bridgehead atoms. The zero-order chi connectivity index (χ0) is 27.6. The Labute approximate surface area is 247 Å². The molecular weight excluding hydrogens is 527 g/mol. The number of rotatable bonds is 3. The van der Waals surface area contributed by atoms with Gasteiger partial charge in [-0.25, -0.2) is 0 Å². The summed E-state index contributed by atoms with van der Waals surface area (Å²) in [5.41, 5.74) is 8.73. The van der Waals surface area contributed by atoms with Gasteiger partial charge in [0, 0.05) is 31.9 Å². The molecule has 0 radical (unpaired) electrons. The number of hydrogen-bond acceptors (Lipinski definition) is 1. The Kier molecular flexibility index (Phi) is 5.13. The van der Waals surface area contributed by atoms with E-state index in [9.17, 15) is 0 Å². The maximum absolute atomic E-state index is 2.48. The van der Waals surface area contributed by atoms with Gasteiger partial charge in [0.25, 0.3) is 0 Å². The molecule has 0 atom stereocenters. The summed E-state index contributed by atoms with van der Waals surface area (Å²) in [6.45, 7) is 0. The maximum atomic E-state index is 2.48. The number of thiophene rings is 1.